The number of benzene rings is 1. The zero-order valence-corrected chi connectivity index (χ0v) is 11.9. The molecule has 0 aliphatic carbocycles. The van der Waals surface area contributed by atoms with E-state index in [0.29, 0.717) is 11.9 Å². The summed E-state index contributed by atoms with van der Waals surface area (Å²) in [4.78, 5) is 15.4. The summed E-state index contributed by atoms with van der Waals surface area (Å²) in [5.74, 6) is 0.567. The maximum absolute atomic E-state index is 12.2. The van der Waals surface area contributed by atoms with Gasteiger partial charge in [-0.3, -0.25) is 4.79 Å². The Hall–Kier alpha value is -2.28. The topological polar surface area (TPSA) is 75.9 Å². The van der Waals surface area contributed by atoms with Crippen LogP contribution in [0.4, 0.5) is 0 Å². The Morgan fingerprint density at radius 3 is 2.95 bits per heavy atom. The molecule has 7 heteroatoms. The number of carbonyl (C=O) groups excluding carboxylic acids is 1. The van der Waals surface area contributed by atoms with Gasteiger partial charge in [-0.05, 0) is 12.1 Å². The highest BCUT2D eigenvalue weighted by Gasteiger charge is 2.21. The third-order valence-electron chi connectivity index (χ3n) is 3.48. The minimum atomic E-state index is 0.0281. The molecule has 0 bridgehead atoms. The normalized spacial score (nSPS) is 18.7. The van der Waals surface area contributed by atoms with Crippen molar-refractivity contribution in [2.75, 3.05) is 19.6 Å². The minimum absolute atomic E-state index is 0.0281. The third kappa shape index (κ3) is 3.25. The summed E-state index contributed by atoms with van der Waals surface area (Å²) >= 11 is 0. The van der Waals surface area contributed by atoms with Crippen molar-refractivity contribution < 1.29 is 4.79 Å². The Morgan fingerprint density at radius 1 is 1.38 bits per heavy atom. The van der Waals surface area contributed by atoms with Crippen molar-refractivity contribution in [3.8, 4) is 11.4 Å². The second kappa shape index (κ2) is 6.01. The molecule has 0 radical (unpaired) electrons. The third-order valence-corrected chi connectivity index (χ3v) is 3.48. The van der Waals surface area contributed by atoms with Gasteiger partial charge in [0.05, 0.1) is 0 Å². The van der Waals surface area contributed by atoms with Crippen LogP contribution in [-0.4, -0.2) is 56.7 Å². The second-order valence-corrected chi connectivity index (χ2v) is 5.20. The van der Waals surface area contributed by atoms with Crippen LogP contribution in [-0.2, 0) is 11.3 Å². The van der Waals surface area contributed by atoms with E-state index in [4.69, 9.17) is 0 Å². The van der Waals surface area contributed by atoms with E-state index in [2.05, 4.69) is 27.7 Å². The molecule has 1 N–H and O–H groups in total. The van der Waals surface area contributed by atoms with Crippen molar-refractivity contribution in [2.24, 2.45) is 0 Å². The molecule has 3 rings (SSSR count). The van der Waals surface area contributed by atoms with E-state index in [9.17, 15) is 4.79 Å². The number of nitrogens with zero attached hydrogens (tertiary/aromatic N) is 5. The minimum Gasteiger partial charge on any atom is -0.338 e. The highest BCUT2D eigenvalue weighted by molar-refractivity contribution is 5.76. The van der Waals surface area contributed by atoms with Crippen LogP contribution in [0.1, 0.15) is 6.92 Å². The fourth-order valence-corrected chi connectivity index (χ4v) is 2.39. The quantitative estimate of drug-likeness (QED) is 0.870. The average Bonchev–Trinajstić information content (AvgIpc) is 2.97. The molecule has 0 spiro atoms. The van der Waals surface area contributed by atoms with E-state index >= 15 is 0 Å². The molecule has 1 aromatic carbocycles. The Morgan fingerprint density at radius 2 is 2.19 bits per heavy atom. The average molecular weight is 286 g/mol. The number of piperazine rings is 1. The van der Waals surface area contributed by atoms with Crippen LogP contribution in [0.15, 0.2) is 30.3 Å². The molecular formula is C14H18N6O. The molecule has 2 aromatic rings. The molecule has 1 aliphatic heterocycles. The number of amides is 1. The summed E-state index contributed by atoms with van der Waals surface area (Å²) < 4.78 is 0. The summed E-state index contributed by atoms with van der Waals surface area (Å²) in [7, 11) is 0. The van der Waals surface area contributed by atoms with Crippen LogP contribution >= 0.6 is 0 Å². The van der Waals surface area contributed by atoms with Crippen molar-refractivity contribution in [3.63, 3.8) is 0 Å². The lowest BCUT2D eigenvalue weighted by Crippen LogP contribution is -2.52. The van der Waals surface area contributed by atoms with Crippen LogP contribution in [0.2, 0.25) is 0 Å². The predicted molar refractivity (Wildman–Crippen MR) is 77.3 cm³/mol. The van der Waals surface area contributed by atoms with Gasteiger partial charge in [0, 0.05) is 31.2 Å². The smallest absolute Gasteiger partial charge is 0.246 e. The van der Waals surface area contributed by atoms with Gasteiger partial charge in [-0.15, -0.1) is 10.2 Å². The molecule has 0 saturated carbocycles. The number of hydrogen-bond acceptors (Lipinski definition) is 5. The first-order chi connectivity index (χ1) is 10.2. The van der Waals surface area contributed by atoms with Crippen molar-refractivity contribution in [2.45, 2.75) is 19.5 Å². The number of hydrogen-bond donors (Lipinski definition) is 1. The Labute approximate surface area is 122 Å². The van der Waals surface area contributed by atoms with Gasteiger partial charge in [0.25, 0.3) is 0 Å². The van der Waals surface area contributed by atoms with E-state index in [0.717, 1.165) is 25.2 Å². The van der Waals surface area contributed by atoms with E-state index in [1.807, 2.05) is 35.2 Å². The van der Waals surface area contributed by atoms with Gasteiger partial charge >= 0.3 is 0 Å². The lowest BCUT2D eigenvalue weighted by molar-refractivity contribution is -0.133. The molecule has 1 fully saturated rings. The molecule has 21 heavy (non-hydrogen) atoms. The van der Waals surface area contributed by atoms with Crippen molar-refractivity contribution >= 4 is 5.91 Å². The van der Waals surface area contributed by atoms with Crippen molar-refractivity contribution in [1.82, 2.24) is 30.4 Å². The lowest BCUT2D eigenvalue weighted by atomic mass is 10.2. The van der Waals surface area contributed by atoms with Gasteiger partial charge in [0.2, 0.25) is 11.7 Å². The number of rotatable bonds is 3. The molecule has 7 nitrogen and oxygen atoms in total. The fourth-order valence-electron chi connectivity index (χ4n) is 2.39. The first-order valence-corrected chi connectivity index (χ1v) is 7.07. The zero-order valence-electron chi connectivity index (χ0n) is 11.9. The lowest BCUT2D eigenvalue weighted by Gasteiger charge is -2.31. The van der Waals surface area contributed by atoms with E-state index in [-0.39, 0.29) is 12.5 Å². The Balaban J connectivity index is 1.66. The predicted octanol–water partition coefficient (Wildman–Crippen LogP) is 0.160. The van der Waals surface area contributed by atoms with Crippen LogP contribution in [0.5, 0.6) is 0 Å². The molecule has 1 unspecified atom stereocenters. The Bertz CT molecular complexity index is 611. The van der Waals surface area contributed by atoms with Crippen LogP contribution in [0.25, 0.3) is 11.4 Å². The van der Waals surface area contributed by atoms with Gasteiger partial charge in [-0.25, -0.2) is 0 Å². The van der Waals surface area contributed by atoms with Crippen LogP contribution in [0.3, 0.4) is 0 Å². The maximum atomic E-state index is 12.2. The zero-order chi connectivity index (χ0) is 14.7. The van der Waals surface area contributed by atoms with Gasteiger partial charge in [0.15, 0.2) is 0 Å². The van der Waals surface area contributed by atoms with Gasteiger partial charge in [-0.2, -0.15) is 4.80 Å². The molecule has 1 saturated heterocycles. The summed E-state index contributed by atoms with van der Waals surface area (Å²) in [5.41, 5.74) is 0.895. The molecule has 1 aromatic heterocycles. The molecule has 1 atom stereocenters. The van der Waals surface area contributed by atoms with Crippen molar-refractivity contribution in [1.29, 1.82) is 0 Å². The maximum Gasteiger partial charge on any atom is 0.246 e. The Kier molecular flexibility index (Phi) is 3.92. The SMILES string of the molecule is CC1CN(C(=O)Cn2nnc(-c3ccccc3)n2)CCN1. The molecule has 2 heterocycles. The van der Waals surface area contributed by atoms with Gasteiger partial charge in [0.1, 0.15) is 6.54 Å². The number of tetrazole rings is 1. The first kappa shape index (κ1) is 13.7. The largest absolute Gasteiger partial charge is 0.338 e. The fraction of sp³-hybridized carbons (Fsp3) is 0.429. The van der Waals surface area contributed by atoms with E-state index < -0.39 is 0 Å². The molecule has 110 valence electrons. The van der Waals surface area contributed by atoms with Gasteiger partial charge < -0.3 is 10.2 Å². The number of nitrogens with one attached hydrogen (secondary N) is 1. The molecule has 1 aliphatic rings. The summed E-state index contributed by atoms with van der Waals surface area (Å²) in [6.07, 6.45) is 0. The summed E-state index contributed by atoms with van der Waals surface area (Å²) in [5, 5.41) is 15.5. The van der Waals surface area contributed by atoms with Gasteiger partial charge in [-0.1, -0.05) is 30.3 Å². The summed E-state index contributed by atoms with van der Waals surface area (Å²) in [6.45, 7) is 4.47. The standard InChI is InChI=1S/C14H18N6O/c1-11-9-19(8-7-15-11)13(21)10-20-17-14(16-18-20)12-5-3-2-4-6-12/h2-6,11,15H,7-10H2,1H3. The van der Waals surface area contributed by atoms with Crippen molar-refractivity contribution in [3.05, 3.63) is 30.3 Å². The van der Waals surface area contributed by atoms with E-state index in [1.54, 1.807) is 0 Å². The second-order valence-electron chi connectivity index (χ2n) is 5.20. The highest BCUT2D eigenvalue weighted by Crippen LogP contribution is 2.11. The molecule has 1 amide bonds. The van der Waals surface area contributed by atoms with E-state index in [1.165, 1.54) is 4.80 Å². The number of aromatic nitrogens is 4. The molecular weight excluding hydrogens is 268 g/mol. The monoisotopic (exact) mass is 286 g/mol. The summed E-state index contributed by atoms with van der Waals surface area (Å²) in [6, 6.07) is 9.93. The van der Waals surface area contributed by atoms with Crippen LogP contribution < -0.4 is 5.32 Å². The van der Waals surface area contributed by atoms with Crippen LogP contribution in [0, 0.1) is 0 Å². The highest BCUT2D eigenvalue weighted by atomic mass is 16.2. The number of carbonyl (C=O) groups is 1. The first-order valence-electron chi connectivity index (χ1n) is 7.07.